The maximum absolute atomic E-state index is 14.1. The van der Waals surface area contributed by atoms with Crippen LogP contribution in [-0.4, -0.2) is 44.1 Å². The van der Waals surface area contributed by atoms with E-state index in [1.54, 1.807) is 0 Å². The number of aromatic nitrogens is 4. The lowest BCUT2D eigenvalue weighted by Gasteiger charge is -2.09. The number of halogens is 2. The zero-order chi connectivity index (χ0) is 21.6. The monoisotopic (exact) mass is 426 g/mol. The molecule has 2 N–H and O–H groups in total. The van der Waals surface area contributed by atoms with Gasteiger partial charge in [-0.25, -0.2) is 14.4 Å². The number of benzene rings is 1. The van der Waals surface area contributed by atoms with Gasteiger partial charge in [0.2, 0.25) is 0 Å². The fourth-order valence-electron chi connectivity index (χ4n) is 3.04. The van der Waals surface area contributed by atoms with Crippen molar-refractivity contribution in [1.29, 1.82) is 0 Å². The number of hydrogen-bond acceptors (Lipinski definition) is 6. The maximum atomic E-state index is 14.1. The van der Waals surface area contributed by atoms with E-state index in [4.69, 9.17) is 4.42 Å². The Morgan fingerprint density at radius 3 is 2.81 bits per heavy atom. The number of amides is 1. The van der Waals surface area contributed by atoms with E-state index in [2.05, 4.69) is 25.3 Å². The first kappa shape index (κ1) is 20.6. The number of pyridine rings is 1. The van der Waals surface area contributed by atoms with E-state index in [0.29, 0.717) is 25.4 Å². The van der Waals surface area contributed by atoms with Crippen LogP contribution in [0.25, 0.3) is 11.0 Å². The van der Waals surface area contributed by atoms with Gasteiger partial charge in [0.05, 0.1) is 23.3 Å². The number of rotatable bonds is 9. The van der Waals surface area contributed by atoms with Crippen LogP contribution in [0.4, 0.5) is 8.87 Å². The molecule has 0 aliphatic rings. The highest BCUT2D eigenvalue weighted by atomic mass is 19.2. The first-order valence-corrected chi connectivity index (χ1v) is 9.76. The largest absolute Gasteiger partial charge is 0.448 e. The lowest BCUT2D eigenvalue weighted by atomic mass is 10.3. The van der Waals surface area contributed by atoms with E-state index in [9.17, 15) is 13.7 Å². The Balaban J connectivity index is 1.22. The summed E-state index contributed by atoms with van der Waals surface area (Å²) in [5, 5.41) is 3.11. The minimum atomic E-state index is -1.02. The predicted molar refractivity (Wildman–Crippen MR) is 108 cm³/mol. The topological polar surface area (TPSA) is 99.9 Å². The molecule has 10 heteroatoms. The number of nitrogens with zero attached hydrogens (tertiary/aromatic N) is 4. The van der Waals surface area contributed by atoms with Crippen molar-refractivity contribution in [2.24, 2.45) is 0 Å². The number of nitrogens with one attached hydrogen (secondary N) is 2. The van der Waals surface area contributed by atoms with Crippen LogP contribution in [0.15, 0.2) is 53.3 Å². The standard InChI is InChI=1S/C21H20F2N6O2/c22-14-4-3-9-25-17(14)12-29(23)21(30)18-13-31-20(28-18)8-11-24-10-7-19-26-15-5-1-2-6-16(15)27-19/h1-6,9,13,24H,7-8,10-12H2,(H,26,27). The summed E-state index contributed by atoms with van der Waals surface area (Å²) in [6, 6.07) is 10.4. The van der Waals surface area contributed by atoms with Crippen LogP contribution in [0.2, 0.25) is 0 Å². The molecule has 0 atom stereocenters. The molecule has 0 bridgehead atoms. The van der Waals surface area contributed by atoms with Gasteiger partial charge in [0.15, 0.2) is 11.6 Å². The summed E-state index contributed by atoms with van der Waals surface area (Å²) in [4.78, 5) is 27.6. The zero-order valence-corrected chi connectivity index (χ0v) is 16.5. The molecular weight excluding hydrogens is 406 g/mol. The van der Waals surface area contributed by atoms with Gasteiger partial charge in [-0.05, 0) is 24.3 Å². The van der Waals surface area contributed by atoms with Crippen molar-refractivity contribution in [2.75, 3.05) is 13.1 Å². The number of para-hydroxylation sites is 2. The molecular formula is C21H20F2N6O2. The van der Waals surface area contributed by atoms with E-state index >= 15 is 0 Å². The van der Waals surface area contributed by atoms with E-state index < -0.39 is 18.3 Å². The highest BCUT2D eigenvalue weighted by Gasteiger charge is 2.21. The quantitative estimate of drug-likeness (QED) is 0.315. The molecule has 3 aromatic heterocycles. The molecule has 0 aliphatic heterocycles. The minimum absolute atomic E-state index is 0.140. The molecule has 8 nitrogen and oxygen atoms in total. The van der Waals surface area contributed by atoms with Gasteiger partial charge in [0.1, 0.15) is 17.9 Å². The van der Waals surface area contributed by atoms with Gasteiger partial charge in [0.25, 0.3) is 0 Å². The minimum Gasteiger partial charge on any atom is -0.448 e. The van der Waals surface area contributed by atoms with Gasteiger partial charge in [-0.15, -0.1) is 0 Å². The number of oxazole rings is 1. The highest BCUT2D eigenvalue weighted by molar-refractivity contribution is 5.91. The van der Waals surface area contributed by atoms with Crippen LogP contribution in [0, 0.1) is 5.82 Å². The lowest BCUT2D eigenvalue weighted by molar-refractivity contribution is 0.0130. The van der Waals surface area contributed by atoms with E-state index in [1.807, 2.05) is 24.3 Å². The molecule has 0 fully saturated rings. The summed E-state index contributed by atoms with van der Waals surface area (Å²) in [6.45, 7) is 0.643. The average molecular weight is 426 g/mol. The van der Waals surface area contributed by atoms with Gasteiger partial charge < -0.3 is 14.7 Å². The Morgan fingerprint density at radius 1 is 1.13 bits per heavy atom. The number of aromatic amines is 1. The first-order valence-electron chi connectivity index (χ1n) is 9.76. The molecule has 0 aliphatic carbocycles. The summed E-state index contributed by atoms with van der Waals surface area (Å²) < 4.78 is 32.9. The number of hydrogen-bond donors (Lipinski definition) is 2. The van der Waals surface area contributed by atoms with Crippen molar-refractivity contribution in [3.8, 4) is 0 Å². The van der Waals surface area contributed by atoms with Crippen molar-refractivity contribution in [1.82, 2.24) is 30.4 Å². The molecule has 1 amide bonds. The smallest absolute Gasteiger partial charge is 0.303 e. The molecule has 3 heterocycles. The van der Waals surface area contributed by atoms with E-state index in [-0.39, 0.29) is 16.5 Å². The Bertz CT molecular complexity index is 1140. The summed E-state index contributed by atoms with van der Waals surface area (Å²) in [5.74, 6) is -0.507. The van der Waals surface area contributed by atoms with Crippen molar-refractivity contribution < 1.29 is 18.1 Å². The molecule has 31 heavy (non-hydrogen) atoms. The Kier molecular flexibility index (Phi) is 6.27. The summed E-state index contributed by atoms with van der Waals surface area (Å²) in [5.41, 5.74) is 1.58. The maximum Gasteiger partial charge on any atom is 0.303 e. The second-order valence-electron chi connectivity index (χ2n) is 6.83. The summed E-state index contributed by atoms with van der Waals surface area (Å²) in [7, 11) is 0. The summed E-state index contributed by atoms with van der Waals surface area (Å²) >= 11 is 0. The molecule has 0 saturated carbocycles. The summed E-state index contributed by atoms with van der Waals surface area (Å²) in [6.07, 6.45) is 3.57. The van der Waals surface area contributed by atoms with Gasteiger partial charge >= 0.3 is 5.91 Å². The Morgan fingerprint density at radius 2 is 1.97 bits per heavy atom. The SMILES string of the molecule is O=C(c1coc(CCNCCc2nc3ccccc3[nH]2)n1)N(F)Cc1ncccc1F. The van der Waals surface area contributed by atoms with Crippen molar-refractivity contribution in [2.45, 2.75) is 19.4 Å². The second-order valence-corrected chi connectivity index (χ2v) is 6.83. The zero-order valence-electron chi connectivity index (χ0n) is 16.5. The molecule has 1 aromatic carbocycles. The molecule has 4 aromatic rings. The number of fused-ring (bicyclic) bond motifs is 1. The number of carbonyl (C=O) groups excluding carboxylic acids is 1. The second kappa shape index (κ2) is 9.43. The number of H-pyrrole nitrogens is 1. The first-order chi connectivity index (χ1) is 15.1. The van der Waals surface area contributed by atoms with E-state index in [1.165, 1.54) is 12.3 Å². The molecule has 160 valence electrons. The fourth-order valence-corrected chi connectivity index (χ4v) is 3.04. The third-order valence-corrected chi connectivity index (χ3v) is 4.61. The van der Waals surface area contributed by atoms with Crippen LogP contribution in [0.5, 0.6) is 0 Å². The van der Waals surface area contributed by atoms with Crippen LogP contribution in [0.1, 0.15) is 27.9 Å². The van der Waals surface area contributed by atoms with Crippen LogP contribution in [-0.2, 0) is 19.4 Å². The Hall–Kier alpha value is -3.66. The lowest BCUT2D eigenvalue weighted by Crippen LogP contribution is -2.24. The highest BCUT2D eigenvalue weighted by Crippen LogP contribution is 2.12. The van der Waals surface area contributed by atoms with Gasteiger partial charge in [0, 0.05) is 32.1 Å². The third kappa shape index (κ3) is 5.10. The van der Waals surface area contributed by atoms with Crippen molar-refractivity contribution in [3.05, 3.63) is 77.8 Å². The number of imidazole rings is 1. The number of carbonyl (C=O) groups is 1. The van der Waals surface area contributed by atoms with E-state index in [0.717, 1.165) is 35.6 Å². The third-order valence-electron chi connectivity index (χ3n) is 4.61. The molecule has 0 spiro atoms. The molecule has 4 rings (SSSR count). The fraction of sp³-hybridized carbons (Fsp3) is 0.238. The van der Waals surface area contributed by atoms with Crippen LogP contribution >= 0.6 is 0 Å². The molecule has 0 unspecified atom stereocenters. The van der Waals surface area contributed by atoms with Crippen molar-refractivity contribution >= 4 is 16.9 Å². The Labute approximate surface area is 176 Å². The predicted octanol–water partition coefficient (Wildman–Crippen LogP) is 2.99. The van der Waals surface area contributed by atoms with Crippen molar-refractivity contribution in [3.63, 3.8) is 0 Å². The average Bonchev–Trinajstić information content (AvgIpc) is 3.41. The van der Waals surface area contributed by atoms with Gasteiger partial charge in [-0.2, -0.15) is 5.12 Å². The van der Waals surface area contributed by atoms with Crippen LogP contribution < -0.4 is 5.32 Å². The van der Waals surface area contributed by atoms with Gasteiger partial charge in [-0.1, -0.05) is 16.6 Å². The normalized spacial score (nSPS) is 11.2. The molecule has 0 radical (unpaired) electrons. The van der Waals surface area contributed by atoms with Crippen LogP contribution in [0.3, 0.4) is 0 Å². The molecule has 0 saturated heterocycles. The van der Waals surface area contributed by atoms with Gasteiger partial charge in [-0.3, -0.25) is 9.78 Å².